The van der Waals surface area contributed by atoms with Crippen molar-refractivity contribution in [3.63, 3.8) is 0 Å². The number of ether oxygens (including phenoxy) is 3. The lowest BCUT2D eigenvalue weighted by molar-refractivity contribution is 0.324. The second-order valence-electron chi connectivity index (χ2n) is 6.42. The number of hydrogen-bond donors (Lipinski definition) is 1. The fourth-order valence-corrected chi connectivity index (χ4v) is 3.31. The van der Waals surface area contributed by atoms with Gasteiger partial charge in [0.05, 0.1) is 32.7 Å². The van der Waals surface area contributed by atoms with Crippen molar-refractivity contribution in [3.05, 3.63) is 40.3 Å². The van der Waals surface area contributed by atoms with Crippen LogP contribution in [0.2, 0.25) is 0 Å². The molecule has 7 heteroatoms. The maximum absolute atomic E-state index is 12.5. The number of benzene rings is 1. The van der Waals surface area contributed by atoms with Gasteiger partial charge in [-0.25, -0.2) is 9.50 Å². The Morgan fingerprint density at radius 2 is 1.73 bits per heavy atom. The van der Waals surface area contributed by atoms with Gasteiger partial charge >= 0.3 is 0 Å². The Bertz CT molecular complexity index is 992. The summed E-state index contributed by atoms with van der Waals surface area (Å²) in [4.78, 5) is 17.1. The minimum atomic E-state index is -0.101. The molecule has 0 bridgehead atoms. The van der Waals surface area contributed by atoms with Crippen LogP contribution in [0.5, 0.6) is 17.2 Å². The van der Waals surface area contributed by atoms with Crippen molar-refractivity contribution in [1.29, 1.82) is 0 Å². The van der Waals surface area contributed by atoms with Crippen LogP contribution in [-0.4, -0.2) is 35.9 Å². The third-order valence-corrected chi connectivity index (χ3v) is 4.97. The summed E-state index contributed by atoms with van der Waals surface area (Å²) in [6.07, 6.45) is 3.41. The first kappa shape index (κ1) is 16.5. The lowest BCUT2D eigenvalue weighted by Gasteiger charge is -2.24. The molecule has 0 atom stereocenters. The number of rotatable bonds is 5. The number of aromatic amines is 1. The average Bonchev–Trinajstić information content (AvgIpc) is 3.03. The summed E-state index contributed by atoms with van der Waals surface area (Å²) in [6, 6.07) is 7.17. The number of nitrogens with zero attached hydrogens (tertiary/aromatic N) is 2. The third kappa shape index (κ3) is 2.60. The Balaban J connectivity index is 1.84. The molecule has 4 rings (SSSR count). The van der Waals surface area contributed by atoms with E-state index in [1.807, 2.05) is 18.2 Å². The second kappa shape index (κ2) is 6.40. The fourth-order valence-electron chi connectivity index (χ4n) is 3.31. The van der Waals surface area contributed by atoms with Crippen molar-refractivity contribution in [3.8, 4) is 28.5 Å². The highest BCUT2D eigenvalue weighted by atomic mass is 16.5. The SMILES string of the molecule is COc1cc(-c2cc3nc(C4CCC4)cc(=O)n3[nH]2)cc(OC)c1OC. The smallest absolute Gasteiger partial charge is 0.272 e. The van der Waals surface area contributed by atoms with Gasteiger partial charge in [0.2, 0.25) is 5.75 Å². The van der Waals surface area contributed by atoms with Gasteiger partial charge in [-0.15, -0.1) is 0 Å². The molecule has 7 nitrogen and oxygen atoms in total. The van der Waals surface area contributed by atoms with Gasteiger partial charge in [0.15, 0.2) is 17.1 Å². The second-order valence-corrected chi connectivity index (χ2v) is 6.42. The van der Waals surface area contributed by atoms with Crippen molar-refractivity contribution >= 4 is 5.65 Å². The Morgan fingerprint density at radius 3 is 2.27 bits per heavy atom. The van der Waals surface area contributed by atoms with Gasteiger partial charge in [-0.3, -0.25) is 9.89 Å². The Labute approximate surface area is 150 Å². The van der Waals surface area contributed by atoms with E-state index in [4.69, 9.17) is 14.2 Å². The molecule has 0 unspecified atom stereocenters. The quantitative estimate of drug-likeness (QED) is 0.761. The summed E-state index contributed by atoms with van der Waals surface area (Å²) < 4.78 is 17.6. The van der Waals surface area contributed by atoms with E-state index in [1.54, 1.807) is 27.4 Å². The highest BCUT2D eigenvalue weighted by Gasteiger charge is 2.22. The minimum Gasteiger partial charge on any atom is -0.493 e. The molecule has 3 aromatic rings. The van der Waals surface area contributed by atoms with E-state index in [0.29, 0.717) is 28.8 Å². The van der Waals surface area contributed by atoms with Crippen LogP contribution >= 0.6 is 0 Å². The van der Waals surface area contributed by atoms with Gasteiger partial charge < -0.3 is 14.2 Å². The van der Waals surface area contributed by atoms with Crippen molar-refractivity contribution in [2.75, 3.05) is 21.3 Å². The molecule has 0 spiro atoms. The van der Waals surface area contributed by atoms with Crippen molar-refractivity contribution < 1.29 is 14.2 Å². The van der Waals surface area contributed by atoms with Crippen LogP contribution in [0.15, 0.2) is 29.1 Å². The number of H-pyrrole nitrogens is 1. The Morgan fingerprint density at radius 1 is 1.04 bits per heavy atom. The zero-order valence-corrected chi connectivity index (χ0v) is 15.0. The molecule has 1 saturated carbocycles. The molecule has 1 fully saturated rings. The number of fused-ring (bicyclic) bond motifs is 1. The molecule has 1 aromatic carbocycles. The van der Waals surface area contributed by atoms with Gasteiger partial charge in [0.1, 0.15) is 0 Å². The first-order valence-corrected chi connectivity index (χ1v) is 8.57. The highest BCUT2D eigenvalue weighted by Crippen LogP contribution is 2.41. The highest BCUT2D eigenvalue weighted by molar-refractivity contribution is 5.71. The van der Waals surface area contributed by atoms with Crippen LogP contribution in [0.25, 0.3) is 16.9 Å². The van der Waals surface area contributed by atoms with Crippen molar-refractivity contribution in [2.24, 2.45) is 0 Å². The van der Waals surface area contributed by atoms with E-state index in [9.17, 15) is 4.79 Å². The van der Waals surface area contributed by atoms with Gasteiger partial charge in [-0.05, 0) is 25.0 Å². The van der Waals surface area contributed by atoms with Crippen molar-refractivity contribution in [2.45, 2.75) is 25.2 Å². The maximum Gasteiger partial charge on any atom is 0.272 e. The van der Waals surface area contributed by atoms with E-state index in [-0.39, 0.29) is 5.56 Å². The summed E-state index contributed by atoms with van der Waals surface area (Å²) >= 11 is 0. The number of methoxy groups -OCH3 is 3. The lowest BCUT2D eigenvalue weighted by Crippen LogP contribution is -2.19. The van der Waals surface area contributed by atoms with E-state index >= 15 is 0 Å². The molecule has 2 aromatic heterocycles. The van der Waals surface area contributed by atoms with Gasteiger partial charge in [-0.2, -0.15) is 0 Å². The van der Waals surface area contributed by atoms with Crippen LogP contribution < -0.4 is 19.8 Å². The molecule has 26 heavy (non-hydrogen) atoms. The van der Waals surface area contributed by atoms with Crippen LogP contribution in [0, 0.1) is 0 Å². The van der Waals surface area contributed by atoms with Crippen LogP contribution in [0.1, 0.15) is 30.9 Å². The molecule has 136 valence electrons. The molecule has 0 aliphatic heterocycles. The fraction of sp³-hybridized carbons (Fsp3) is 0.368. The average molecular weight is 355 g/mol. The molecule has 1 N–H and O–H groups in total. The first-order chi connectivity index (χ1) is 12.6. The number of aromatic nitrogens is 3. The van der Waals surface area contributed by atoms with E-state index in [0.717, 1.165) is 29.8 Å². The molecule has 2 heterocycles. The normalized spacial score (nSPS) is 14.3. The van der Waals surface area contributed by atoms with Gasteiger partial charge in [-0.1, -0.05) is 6.42 Å². The predicted molar refractivity (Wildman–Crippen MR) is 97.5 cm³/mol. The number of hydrogen-bond acceptors (Lipinski definition) is 5. The molecule has 0 amide bonds. The van der Waals surface area contributed by atoms with Crippen molar-refractivity contribution in [1.82, 2.24) is 14.6 Å². The largest absolute Gasteiger partial charge is 0.493 e. The first-order valence-electron chi connectivity index (χ1n) is 8.57. The molecule has 0 radical (unpaired) electrons. The Kier molecular flexibility index (Phi) is 4.06. The Hall–Kier alpha value is -2.96. The summed E-state index contributed by atoms with van der Waals surface area (Å²) in [5, 5.41) is 3.11. The summed E-state index contributed by atoms with van der Waals surface area (Å²) in [7, 11) is 4.71. The molecular weight excluding hydrogens is 334 g/mol. The zero-order valence-electron chi connectivity index (χ0n) is 15.0. The predicted octanol–water partition coefficient (Wildman–Crippen LogP) is 2.98. The number of nitrogens with one attached hydrogen (secondary N) is 1. The third-order valence-electron chi connectivity index (χ3n) is 4.97. The van der Waals surface area contributed by atoms with E-state index < -0.39 is 0 Å². The lowest BCUT2D eigenvalue weighted by atomic mass is 9.83. The topological polar surface area (TPSA) is 77.8 Å². The zero-order chi connectivity index (χ0) is 18.3. The van der Waals surface area contributed by atoms with Gasteiger partial charge in [0, 0.05) is 23.6 Å². The van der Waals surface area contributed by atoms with Crippen LogP contribution in [0.3, 0.4) is 0 Å². The van der Waals surface area contributed by atoms with Crippen LogP contribution in [-0.2, 0) is 0 Å². The molecular formula is C19H21N3O4. The summed E-state index contributed by atoms with van der Waals surface area (Å²) in [5.41, 5.74) is 2.96. The van der Waals surface area contributed by atoms with Crippen LogP contribution in [0.4, 0.5) is 0 Å². The van der Waals surface area contributed by atoms with E-state index in [1.165, 1.54) is 10.9 Å². The molecule has 1 aliphatic carbocycles. The monoisotopic (exact) mass is 355 g/mol. The van der Waals surface area contributed by atoms with E-state index in [2.05, 4.69) is 10.1 Å². The minimum absolute atomic E-state index is 0.101. The molecule has 1 aliphatic rings. The summed E-state index contributed by atoms with van der Waals surface area (Å²) in [6.45, 7) is 0. The maximum atomic E-state index is 12.5. The standard InChI is InChI=1S/C19H21N3O4/c1-24-15-7-12(8-16(25-2)19(15)26-3)14-9-17-20-13(11-5-4-6-11)10-18(23)22(17)21-14/h7-11,21H,4-6H2,1-3H3. The van der Waals surface area contributed by atoms with Gasteiger partial charge in [0.25, 0.3) is 5.56 Å². The molecule has 0 saturated heterocycles. The summed E-state index contributed by atoms with van der Waals surface area (Å²) in [5.74, 6) is 2.04.